The van der Waals surface area contributed by atoms with Crippen LogP contribution in [0.1, 0.15) is 33.1 Å². The van der Waals surface area contributed by atoms with Crippen LogP contribution < -0.4 is 15.4 Å². The van der Waals surface area contributed by atoms with E-state index >= 15 is 0 Å². The largest absolute Gasteiger partial charge is 0.487 e. The molecule has 0 amide bonds. The Kier molecular flexibility index (Phi) is 8.29. The molecule has 1 heterocycles. The summed E-state index contributed by atoms with van der Waals surface area (Å²) in [5, 5.41) is 7.55. The van der Waals surface area contributed by atoms with E-state index < -0.39 is 0 Å². The topological polar surface area (TPSA) is 48.9 Å². The Morgan fingerprint density at radius 2 is 2.12 bits per heavy atom. The van der Waals surface area contributed by atoms with Crippen LogP contribution >= 0.6 is 35.6 Å². The number of benzene rings is 1. The van der Waals surface area contributed by atoms with Crippen LogP contribution in [0, 0.1) is 0 Å². The van der Waals surface area contributed by atoms with E-state index in [4.69, 9.17) is 16.3 Å². The zero-order valence-electron chi connectivity index (χ0n) is 15.7. The van der Waals surface area contributed by atoms with Crippen LogP contribution in [0.5, 0.6) is 5.75 Å². The number of nitrogens with zero attached hydrogens (tertiary/aromatic N) is 2. The third-order valence-electron chi connectivity index (χ3n) is 4.93. The van der Waals surface area contributed by atoms with Crippen molar-refractivity contribution < 1.29 is 4.74 Å². The predicted molar refractivity (Wildman–Crippen MR) is 119 cm³/mol. The Balaban J connectivity index is 0.00000243. The first-order chi connectivity index (χ1) is 12.1. The number of hydrogen-bond donors (Lipinski definition) is 2. The molecule has 2 aliphatic rings. The number of aliphatic imine (C=N–C) groups is 1. The van der Waals surface area contributed by atoms with Crippen molar-refractivity contribution in [2.24, 2.45) is 4.99 Å². The molecule has 2 N–H and O–H groups in total. The molecule has 2 fully saturated rings. The normalized spacial score (nSPS) is 24.7. The van der Waals surface area contributed by atoms with Crippen LogP contribution in [0.25, 0.3) is 0 Å². The average molecular weight is 493 g/mol. The van der Waals surface area contributed by atoms with Crippen LogP contribution in [-0.4, -0.2) is 55.2 Å². The van der Waals surface area contributed by atoms with Gasteiger partial charge in [-0.25, -0.2) is 0 Å². The molecular formula is C19H30ClIN4O. The number of nitrogens with one attached hydrogen (secondary N) is 2. The molecule has 0 spiro atoms. The maximum Gasteiger partial charge on any atom is 0.191 e. The van der Waals surface area contributed by atoms with Crippen molar-refractivity contribution in [2.45, 2.75) is 57.3 Å². The third-order valence-corrected chi connectivity index (χ3v) is 5.24. The average Bonchev–Trinajstić information content (AvgIpc) is 3.37. The van der Waals surface area contributed by atoms with Gasteiger partial charge in [0.2, 0.25) is 0 Å². The first-order valence-electron chi connectivity index (χ1n) is 9.21. The fraction of sp³-hybridized carbons (Fsp3) is 0.632. The van der Waals surface area contributed by atoms with E-state index in [1.807, 2.05) is 38.2 Å². The van der Waals surface area contributed by atoms with Crippen molar-refractivity contribution >= 4 is 41.5 Å². The third kappa shape index (κ3) is 5.89. The second-order valence-corrected chi connectivity index (χ2v) is 7.57. The summed E-state index contributed by atoms with van der Waals surface area (Å²) in [6.07, 6.45) is 3.88. The molecule has 1 aromatic rings. The van der Waals surface area contributed by atoms with Crippen molar-refractivity contribution in [3.8, 4) is 5.75 Å². The van der Waals surface area contributed by atoms with Crippen molar-refractivity contribution in [3.05, 3.63) is 29.3 Å². The van der Waals surface area contributed by atoms with Crippen molar-refractivity contribution in [3.63, 3.8) is 0 Å². The molecule has 3 atom stereocenters. The smallest absolute Gasteiger partial charge is 0.191 e. The van der Waals surface area contributed by atoms with Gasteiger partial charge in [0.05, 0.1) is 11.6 Å². The second kappa shape index (κ2) is 9.99. The number of likely N-dealkylation sites (tertiary alicyclic amines) is 1. The molecule has 1 aliphatic carbocycles. The molecule has 26 heavy (non-hydrogen) atoms. The Labute approximate surface area is 178 Å². The fourth-order valence-corrected chi connectivity index (χ4v) is 3.68. The summed E-state index contributed by atoms with van der Waals surface area (Å²) in [4.78, 5) is 6.99. The summed E-state index contributed by atoms with van der Waals surface area (Å²) >= 11 is 6.14. The highest BCUT2D eigenvalue weighted by Crippen LogP contribution is 2.33. The maximum absolute atomic E-state index is 6.14. The molecule has 1 aliphatic heterocycles. The lowest BCUT2D eigenvalue weighted by atomic mass is 10.2. The van der Waals surface area contributed by atoms with Crippen LogP contribution in [0.2, 0.25) is 5.02 Å². The highest BCUT2D eigenvalue weighted by Gasteiger charge is 2.38. The van der Waals surface area contributed by atoms with Gasteiger partial charge in [-0.05, 0) is 45.2 Å². The van der Waals surface area contributed by atoms with E-state index in [0.717, 1.165) is 18.5 Å². The van der Waals surface area contributed by atoms with Crippen molar-refractivity contribution in [1.29, 1.82) is 0 Å². The Morgan fingerprint density at radius 3 is 2.77 bits per heavy atom. The first-order valence-corrected chi connectivity index (χ1v) is 9.58. The van der Waals surface area contributed by atoms with Gasteiger partial charge in [-0.3, -0.25) is 9.89 Å². The Hall–Kier alpha value is -0.730. The number of para-hydroxylation sites is 1. The molecule has 0 radical (unpaired) electrons. The first kappa shape index (κ1) is 21.6. The molecule has 5 nitrogen and oxygen atoms in total. The molecule has 1 saturated heterocycles. The minimum absolute atomic E-state index is 0. The minimum Gasteiger partial charge on any atom is -0.487 e. The van der Waals surface area contributed by atoms with E-state index in [0.29, 0.717) is 29.4 Å². The highest BCUT2D eigenvalue weighted by atomic mass is 127. The van der Waals surface area contributed by atoms with Gasteiger partial charge in [0.15, 0.2) is 5.96 Å². The Bertz CT molecular complexity index is 611. The molecule has 146 valence electrons. The van der Waals surface area contributed by atoms with E-state index in [2.05, 4.69) is 27.4 Å². The summed E-state index contributed by atoms with van der Waals surface area (Å²) < 4.78 is 5.90. The fourth-order valence-electron chi connectivity index (χ4n) is 3.50. The van der Waals surface area contributed by atoms with Gasteiger partial charge in [-0.1, -0.05) is 23.7 Å². The number of rotatable bonds is 6. The van der Waals surface area contributed by atoms with Gasteiger partial charge >= 0.3 is 0 Å². The number of halogens is 2. The standard InChI is InChI=1S/C19H29ClN4O.HI/c1-13-10-15(12-24(13)16-8-9-16)23-19(21-3)22-11-14(2)25-18-7-5-4-6-17(18)20;/h4-7,13-16H,8-12H2,1-3H3,(H2,21,22,23);1H. The van der Waals surface area contributed by atoms with Crippen LogP contribution in [-0.2, 0) is 0 Å². The highest BCUT2D eigenvalue weighted by molar-refractivity contribution is 14.0. The molecule has 7 heteroatoms. The molecule has 1 aromatic carbocycles. The lowest BCUT2D eigenvalue weighted by Crippen LogP contribution is -2.47. The summed E-state index contributed by atoms with van der Waals surface area (Å²) in [5.74, 6) is 1.55. The van der Waals surface area contributed by atoms with Gasteiger partial charge < -0.3 is 15.4 Å². The molecule has 0 bridgehead atoms. The van der Waals surface area contributed by atoms with Crippen molar-refractivity contribution in [2.75, 3.05) is 20.1 Å². The van der Waals surface area contributed by atoms with Gasteiger partial charge in [-0.2, -0.15) is 0 Å². The number of guanidine groups is 1. The molecule has 3 unspecified atom stereocenters. The van der Waals surface area contributed by atoms with Gasteiger partial charge in [0.25, 0.3) is 0 Å². The summed E-state index contributed by atoms with van der Waals surface area (Å²) in [6.45, 7) is 6.13. The van der Waals surface area contributed by atoms with Gasteiger partial charge in [0, 0.05) is 31.7 Å². The molecular weight excluding hydrogens is 463 g/mol. The Morgan fingerprint density at radius 1 is 1.38 bits per heavy atom. The summed E-state index contributed by atoms with van der Waals surface area (Å²) in [5.41, 5.74) is 0. The minimum atomic E-state index is -0.0103. The predicted octanol–water partition coefficient (Wildman–Crippen LogP) is 3.52. The van der Waals surface area contributed by atoms with Gasteiger partial charge in [-0.15, -0.1) is 24.0 Å². The molecule has 0 aromatic heterocycles. The monoisotopic (exact) mass is 492 g/mol. The molecule has 1 saturated carbocycles. The van der Waals surface area contributed by atoms with Crippen molar-refractivity contribution in [1.82, 2.24) is 15.5 Å². The van der Waals surface area contributed by atoms with E-state index in [1.54, 1.807) is 0 Å². The molecule has 3 rings (SSSR count). The summed E-state index contributed by atoms with van der Waals surface area (Å²) in [7, 11) is 1.81. The van der Waals surface area contributed by atoms with Crippen LogP contribution in [0.3, 0.4) is 0 Å². The lowest BCUT2D eigenvalue weighted by molar-refractivity contribution is 0.224. The number of hydrogen-bond acceptors (Lipinski definition) is 3. The van der Waals surface area contributed by atoms with E-state index in [1.165, 1.54) is 19.3 Å². The lowest BCUT2D eigenvalue weighted by Gasteiger charge is -2.21. The summed E-state index contributed by atoms with van der Waals surface area (Å²) in [6, 6.07) is 9.49. The zero-order chi connectivity index (χ0) is 17.8. The SMILES string of the molecule is CN=C(NCC(C)Oc1ccccc1Cl)NC1CC(C)N(C2CC2)C1.I. The number of ether oxygens (including phenoxy) is 1. The van der Waals surface area contributed by atoms with E-state index in [9.17, 15) is 0 Å². The zero-order valence-corrected chi connectivity index (χ0v) is 18.8. The van der Waals surface area contributed by atoms with E-state index in [-0.39, 0.29) is 30.1 Å². The van der Waals surface area contributed by atoms with Crippen LogP contribution in [0.15, 0.2) is 29.3 Å². The van der Waals surface area contributed by atoms with Crippen LogP contribution in [0.4, 0.5) is 0 Å². The quantitative estimate of drug-likeness (QED) is 0.362. The maximum atomic E-state index is 6.14. The van der Waals surface area contributed by atoms with Gasteiger partial charge in [0.1, 0.15) is 11.9 Å². The second-order valence-electron chi connectivity index (χ2n) is 7.17.